The lowest BCUT2D eigenvalue weighted by Crippen LogP contribution is -2.11. The predicted octanol–water partition coefficient (Wildman–Crippen LogP) is 1.78. The van der Waals surface area contributed by atoms with Crippen LogP contribution in [0.25, 0.3) is 4.85 Å². The topological polar surface area (TPSA) is 46.4 Å². The van der Waals surface area contributed by atoms with Gasteiger partial charge in [0.05, 0.1) is 6.57 Å². The Morgan fingerprint density at radius 2 is 2.44 bits per heavy atom. The van der Waals surface area contributed by atoms with Crippen LogP contribution in [0.5, 0.6) is 0 Å². The summed E-state index contributed by atoms with van der Waals surface area (Å²) < 4.78 is 0. The maximum atomic E-state index is 12.0. The van der Waals surface area contributed by atoms with Crippen molar-refractivity contribution in [3.05, 3.63) is 52.9 Å². The van der Waals surface area contributed by atoms with Crippen molar-refractivity contribution in [1.29, 1.82) is 0 Å². The molecule has 1 aliphatic rings. The van der Waals surface area contributed by atoms with Crippen molar-refractivity contribution >= 4 is 5.78 Å². The number of pyridine rings is 1. The average molecular weight is 213 g/mol. The first-order valence-corrected chi connectivity index (χ1v) is 5.12. The summed E-state index contributed by atoms with van der Waals surface area (Å²) in [5, 5.41) is 3.08. The van der Waals surface area contributed by atoms with Crippen LogP contribution in [0, 0.1) is 6.57 Å². The number of allylic oxidation sites excluding steroid dienone is 2. The van der Waals surface area contributed by atoms with Gasteiger partial charge in [0.2, 0.25) is 0 Å². The Hall–Kier alpha value is -2.15. The second-order valence-electron chi connectivity index (χ2n) is 3.54. The Labute approximate surface area is 93.8 Å². The molecule has 0 radical (unpaired) electrons. The molecule has 0 aromatic carbocycles. The van der Waals surface area contributed by atoms with Gasteiger partial charge >= 0.3 is 0 Å². The van der Waals surface area contributed by atoms with Gasteiger partial charge in [0.25, 0.3) is 5.70 Å². The van der Waals surface area contributed by atoms with Gasteiger partial charge < -0.3 is 10.1 Å². The fourth-order valence-electron chi connectivity index (χ4n) is 1.68. The van der Waals surface area contributed by atoms with E-state index in [1.54, 1.807) is 18.3 Å². The molecular weight excluding hydrogens is 202 g/mol. The van der Waals surface area contributed by atoms with Crippen molar-refractivity contribution in [3.63, 3.8) is 0 Å². The molecule has 4 heteroatoms. The van der Waals surface area contributed by atoms with Gasteiger partial charge in [-0.3, -0.25) is 4.98 Å². The number of carbonyl (C=O) groups excluding carboxylic acids is 1. The zero-order valence-corrected chi connectivity index (χ0v) is 8.73. The molecule has 0 amide bonds. The van der Waals surface area contributed by atoms with Crippen LogP contribution in [0.15, 0.2) is 35.9 Å². The van der Waals surface area contributed by atoms with Gasteiger partial charge in [-0.25, -0.2) is 4.85 Å². The third kappa shape index (κ3) is 1.94. The lowest BCUT2D eigenvalue weighted by atomic mass is 10.1. The van der Waals surface area contributed by atoms with Gasteiger partial charge in [-0.05, 0) is 25.0 Å². The monoisotopic (exact) mass is 213 g/mol. The van der Waals surface area contributed by atoms with Crippen molar-refractivity contribution in [1.82, 2.24) is 10.3 Å². The molecule has 0 bridgehead atoms. The number of ketones is 1. The zero-order valence-electron chi connectivity index (χ0n) is 8.73. The SMILES string of the molecule is [C-]#[N+]/C(C(=O)c1cccnc1)=C1\CCCN1. The number of rotatable bonds is 2. The highest BCUT2D eigenvalue weighted by molar-refractivity contribution is 6.10. The van der Waals surface area contributed by atoms with Crippen LogP contribution < -0.4 is 5.32 Å². The van der Waals surface area contributed by atoms with E-state index in [2.05, 4.69) is 15.1 Å². The van der Waals surface area contributed by atoms with E-state index in [-0.39, 0.29) is 11.5 Å². The van der Waals surface area contributed by atoms with Gasteiger partial charge in [-0.1, -0.05) is 0 Å². The number of hydrogen-bond donors (Lipinski definition) is 1. The third-order valence-electron chi connectivity index (χ3n) is 2.48. The first kappa shape index (κ1) is 10.4. The summed E-state index contributed by atoms with van der Waals surface area (Å²) in [4.78, 5) is 19.2. The summed E-state index contributed by atoms with van der Waals surface area (Å²) in [5.74, 6) is -0.243. The van der Waals surface area contributed by atoms with Gasteiger partial charge in [0.15, 0.2) is 5.78 Å². The van der Waals surface area contributed by atoms with Crippen molar-refractivity contribution in [2.75, 3.05) is 6.54 Å². The van der Waals surface area contributed by atoms with Crippen LogP contribution in [0.4, 0.5) is 0 Å². The summed E-state index contributed by atoms with van der Waals surface area (Å²) >= 11 is 0. The number of hydrogen-bond acceptors (Lipinski definition) is 3. The molecule has 0 spiro atoms. The van der Waals surface area contributed by atoms with Crippen LogP contribution in [0.2, 0.25) is 0 Å². The molecule has 2 rings (SSSR count). The summed E-state index contributed by atoms with van der Waals surface area (Å²) in [6.45, 7) is 7.93. The van der Waals surface area contributed by atoms with Crippen molar-refractivity contribution < 1.29 is 4.79 Å². The van der Waals surface area contributed by atoms with Crippen LogP contribution in [-0.2, 0) is 0 Å². The fraction of sp³-hybridized carbons (Fsp3) is 0.250. The number of nitrogens with zero attached hydrogens (tertiary/aromatic N) is 2. The molecule has 1 fully saturated rings. The van der Waals surface area contributed by atoms with E-state index in [0.29, 0.717) is 5.56 Å². The first-order valence-electron chi connectivity index (χ1n) is 5.12. The molecule has 0 unspecified atom stereocenters. The Balaban J connectivity index is 2.34. The van der Waals surface area contributed by atoms with E-state index in [9.17, 15) is 4.79 Å². The van der Waals surface area contributed by atoms with Crippen molar-refractivity contribution in [2.45, 2.75) is 12.8 Å². The van der Waals surface area contributed by atoms with E-state index in [1.807, 2.05) is 0 Å². The minimum absolute atomic E-state index is 0.200. The molecular formula is C12H11N3O. The molecule has 4 nitrogen and oxygen atoms in total. The Morgan fingerprint density at radius 3 is 3.00 bits per heavy atom. The van der Waals surface area contributed by atoms with Crippen LogP contribution >= 0.6 is 0 Å². The number of aromatic nitrogens is 1. The van der Waals surface area contributed by atoms with E-state index >= 15 is 0 Å². The molecule has 80 valence electrons. The molecule has 1 aromatic rings. The second-order valence-corrected chi connectivity index (χ2v) is 3.54. The molecule has 16 heavy (non-hydrogen) atoms. The highest BCUT2D eigenvalue weighted by Gasteiger charge is 2.20. The molecule has 1 aliphatic heterocycles. The molecule has 1 aromatic heterocycles. The van der Waals surface area contributed by atoms with Gasteiger partial charge in [-0.15, -0.1) is 0 Å². The highest BCUT2D eigenvalue weighted by atomic mass is 16.1. The molecule has 1 saturated heterocycles. The van der Waals surface area contributed by atoms with E-state index in [4.69, 9.17) is 6.57 Å². The third-order valence-corrected chi connectivity index (χ3v) is 2.48. The summed E-state index contributed by atoms with van der Waals surface area (Å²) in [6.07, 6.45) is 4.86. The van der Waals surface area contributed by atoms with E-state index in [0.717, 1.165) is 25.1 Å². The molecule has 0 atom stereocenters. The van der Waals surface area contributed by atoms with Crippen molar-refractivity contribution in [2.24, 2.45) is 0 Å². The lowest BCUT2D eigenvalue weighted by molar-refractivity contribution is 0.103. The fourth-order valence-corrected chi connectivity index (χ4v) is 1.68. The van der Waals surface area contributed by atoms with Crippen molar-refractivity contribution in [3.8, 4) is 0 Å². The van der Waals surface area contributed by atoms with Gasteiger partial charge in [0, 0.05) is 30.2 Å². The average Bonchev–Trinajstić information content (AvgIpc) is 2.85. The minimum atomic E-state index is -0.243. The minimum Gasteiger partial charge on any atom is -0.397 e. The quantitative estimate of drug-likeness (QED) is 0.462. The zero-order chi connectivity index (χ0) is 11.4. The molecule has 2 heterocycles. The van der Waals surface area contributed by atoms with E-state index < -0.39 is 0 Å². The Bertz CT molecular complexity index is 463. The molecule has 1 N–H and O–H groups in total. The maximum absolute atomic E-state index is 12.0. The van der Waals surface area contributed by atoms with Crippen LogP contribution in [-0.4, -0.2) is 17.3 Å². The maximum Gasteiger partial charge on any atom is 0.252 e. The largest absolute Gasteiger partial charge is 0.397 e. The smallest absolute Gasteiger partial charge is 0.252 e. The molecule has 0 aliphatic carbocycles. The normalized spacial score (nSPS) is 17.4. The Kier molecular flexibility index (Phi) is 2.97. The lowest BCUT2D eigenvalue weighted by Gasteiger charge is -2.03. The Morgan fingerprint density at radius 1 is 1.56 bits per heavy atom. The summed E-state index contributed by atoms with van der Waals surface area (Å²) in [6, 6.07) is 3.37. The first-order chi connectivity index (χ1) is 7.83. The predicted molar refractivity (Wildman–Crippen MR) is 59.4 cm³/mol. The molecule has 0 saturated carbocycles. The van der Waals surface area contributed by atoms with Gasteiger partial charge in [0.1, 0.15) is 0 Å². The second kappa shape index (κ2) is 4.58. The summed E-state index contributed by atoms with van der Waals surface area (Å²) in [7, 11) is 0. The number of nitrogens with one attached hydrogen (secondary N) is 1. The number of Topliss-reactive ketones (excluding diaryl/α,β-unsaturated/α-hetero) is 1. The van der Waals surface area contributed by atoms with Gasteiger partial charge in [-0.2, -0.15) is 0 Å². The standard InChI is InChI=1S/C12H11N3O/c1-13-11(10-5-3-7-15-10)12(16)9-4-2-6-14-8-9/h2,4,6,8,15H,3,5,7H2/b11-10+. The highest BCUT2D eigenvalue weighted by Crippen LogP contribution is 2.18. The summed E-state index contributed by atoms with van der Waals surface area (Å²) in [5.41, 5.74) is 1.43. The van der Waals surface area contributed by atoms with Crippen LogP contribution in [0.3, 0.4) is 0 Å². The van der Waals surface area contributed by atoms with E-state index in [1.165, 1.54) is 6.20 Å². The van der Waals surface area contributed by atoms with Crippen LogP contribution in [0.1, 0.15) is 23.2 Å². The number of carbonyl (C=O) groups is 1.